The van der Waals surface area contributed by atoms with Crippen molar-refractivity contribution in [2.45, 2.75) is 4.90 Å². The van der Waals surface area contributed by atoms with Crippen LogP contribution in [0.3, 0.4) is 0 Å². The minimum absolute atomic E-state index is 0.0501. The Bertz CT molecular complexity index is 973. The van der Waals surface area contributed by atoms with Crippen LogP contribution in [-0.2, 0) is 10.0 Å². The summed E-state index contributed by atoms with van der Waals surface area (Å²) in [4.78, 5) is 7.05. The molecule has 0 fully saturated rings. The van der Waals surface area contributed by atoms with E-state index in [2.05, 4.69) is 14.7 Å². The number of benzene rings is 2. The molecule has 0 aliphatic carbocycles. The smallest absolute Gasteiger partial charge is 0.263 e. The predicted molar refractivity (Wildman–Crippen MR) is 86.0 cm³/mol. The number of aromatic nitrogens is 2. The van der Waals surface area contributed by atoms with Crippen LogP contribution >= 0.6 is 0 Å². The Hall–Kier alpha value is -3.11. The molecule has 0 aliphatic rings. The van der Waals surface area contributed by atoms with Crippen molar-refractivity contribution in [3.05, 3.63) is 66.5 Å². The minimum Gasteiger partial charge on any atom is -0.345 e. The van der Waals surface area contributed by atoms with Crippen LogP contribution in [0.1, 0.15) is 5.56 Å². The molecule has 2 N–H and O–H groups in total. The van der Waals surface area contributed by atoms with Crippen molar-refractivity contribution in [1.82, 2.24) is 9.97 Å². The van der Waals surface area contributed by atoms with Gasteiger partial charge in [0, 0.05) is 23.6 Å². The predicted octanol–water partition coefficient (Wildman–Crippen LogP) is 2.75. The number of hydrogen-bond acceptors (Lipinski definition) is 4. The Balaban J connectivity index is 1.96. The first-order valence-electron chi connectivity index (χ1n) is 6.72. The summed E-state index contributed by atoms with van der Waals surface area (Å²) in [5.74, 6) is 0.642. The molecule has 1 aromatic heterocycles. The molecule has 1 heterocycles. The molecule has 0 saturated carbocycles. The van der Waals surface area contributed by atoms with Gasteiger partial charge in [-0.05, 0) is 24.3 Å². The van der Waals surface area contributed by atoms with Crippen LogP contribution in [0, 0.1) is 11.3 Å². The Kier molecular flexibility index (Phi) is 3.83. The third kappa shape index (κ3) is 3.07. The second-order valence-electron chi connectivity index (χ2n) is 4.73. The van der Waals surface area contributed by atoms with Gasteiger partial charge in [0.1, 0.15) is 16.8 Å². The van der Waals surface area contributed by atoms with Crippen molar-refractivity contribution >= 4 is 15.7 Å². The van der Waals surface area contributed by atoms with Crippen molar-refractivity contribution < 1.29 is 8.42 Å². The number of sulfonamides is 1. The molecule has 0 amide bonds. The Morgan fingerprint density at radius 3 is 2.70 bits per heavy atom. The molecule has 0 atom stereocenters. The molecule has 3 aromatic rings. The lowest BCUT2D eigenvalue weighted by atomic mass is 10.2. The zero-order chi connectivity index (χ0) is 16.3. The van der Waals surface area contributed by atoms with E-state index in [0.29, 0.717) is 11.5 Å². The fourth-order valence-corrected chi connectivity index (χ4v) is 3.36. The topological polar surface area (TPSA) is 98.6 Å². The number of imidazole rings is 1. The molecule has 3 rings (SSSR count). The average Bonchev–Trinajstić information content (AvgIpc) is 3.09. The summed E-state index contributed by atoms with van der Waals surface area (Å²) >= 11 is 0. The summed E-state index contributed by atoms with van der Waals surface area (Å²) in [5.41, 5.74) is 1.25. The van der Waals surface area contributed by atoms with Crippen LogP contribution in [-0.4, -0.2) is 18.4 Å². The van der Waals surface area contributed by atoms with Gasteiger partial charge in [0.05, 0.1) is 5.56 Å². The summed E-state index contributed by atoms with van der Waals surface area (Å²) in [6.07, 6.45) is 3.31. The highest BCUT2D eigenvalue weighted by atomic mass is 32.2. The van der Waals surface area contributed by atoms with E-state index < -0.39 is 10.0 Å². The maximum absolute atomic E-state index is 12.5. The van der Waals surface area contributed by atoms with Gasteiger partial charge in [0.2, 0.25) is 0 Å². The molecule has 7 heteroatoms. The minimum atomic E-state index is -3.84. The molecule has 0 spiro atoms. The first kappa shape index (κ1) is 14.8. The lowest BCUT2D eigenvalue weighted by Gasteiger charge is -2.10. The highest BCUT2D eigenvalue weighted by molar-refractivity contribution is 7.92. The van der Waals surface area contributed by atoms with E-state index in [4.69, 9.17) is 5.26 Å². The SMILES string of the molecule is N#Cc1ccccc1S(=O)(=O)Nc1cccc(-c2ncc[nH]2)c1. The van der Waals surface area contributed by atoms with Gasteiger partial charge in [0.25, 0.3) is 10.0 Å². The van der Waals surface area contributed by atoms with Gasteiger partial charge >= 0.3 is 0 Å². The van der Waals surface area contributed by atoms with Crippen molar-refractivity contribution in [1.29, 1.82) is 5.26 Å². The number of hydrogen-bond donors (Lipinski definition) is 2. The van der Waals surface area contributed by atoms with Gasteiger partial charge in [-0.2, -0.15) is 5.26 Å². The molecular formula is C16H12N4O2S. The van der Waals surface area contributed by atoms with E-state index in [1.165, 1.54) is 12.1 Å². The van der Waals surface area contributed by atoms with Crippen LogP contribution in [0.15, 0.2) is 65.8 Å². The van der Waals surface area contributed by atoms with Crippen LogP contribution in [0.4, 0.5) is 5.69 Å². The molecule has 6 nitrogen and oxygen atoms in total. The van der Waals surface area contributed by atoms with Gasteiger partial charge in [-0.25, -0.2) is 13.4 Å². The van der Waals surface area contributed by atoms with E-state index >= 15 is 0 Å². The average molecular weight is 324 g/mol. The number of aromatic amines is 1. The zero-order valence-electron chi connectivity index (χ0n) is 11.9. The molecule has 0 unspecified atom stereocenters. The number of H-pyrrole nitrogens is 1. The molecule has 2 aromatic carbocycles. The highest BCUT2D eigenvalue weighted by Crippen LogP contribution is 2.23. The standard InChI is InChI=1S/C16H12N4O2S/c17-11-13-4-1-2-7-15(13)23(21,22)20-14-6-3-5-12(10-14)16-18-8-9-19-16/h1-10,20H,(H,18,19). The lowest BCUT2D eigenvalue weighted by Crippen LogP contribution is -2.14. The zero-order valence-corrected chi connectivity index (χ0v) is 12.7. The van der Waals surface area contributed by atoms with E-state index in [0.717, 1.165) is 5.56 Å². The lowest BCUT2D eigenvalue weighted by molar-refractivity contribution is 0.601. The number of anilines is 1. The maximum atomic E-state index is 12.5. The van der Waals surface area contributed by atoms with Crippen LogP contribution in [0.2, 0.25) is 0 Å². The van der Waals surface area contributed by atoms with Crippen molar-refractivity contribution in [3.8, 4) is 17.5 Å². The van der Waals surface area contributed by atoms with E-state index in [9.17, 15) is 8.42 Å². The molecule has 114 valence electrons. The number of nitriles is 1. The Labute approximate surface area is 133 Å². The van der Waals surface area contributed by atoms with Crippen LogP contribution < -0.4 is 4.72 Å². The summed E-state index contributed by atoms with van der Waals surface area (Å²) in [7, 11) is -3.84. The Morgan fingerprint density at radius 1 is 1.13 bits per heavy atom. The normalized spacial score (nSPS) is 10.9. The summed E-state index contributed by atoms with van der Waals surface area (Å²) < 4.78 is 27.5. The number of nitrogens with one attached hydrogen (secondary N) is 2. The molecule has 23 heavy (non-hydrogen) atoms. The van der Waals surface area contributed by atoms with Gasteiger partial charge in [-0.3, -0.25) is 4.72 Å². The first-order valence-corrected chi connectivity index (χ1v) is 8.20. The van der Waals surface area contributed by atoms with Crippen LogP contribution in [0.5, 0.6) is 0 Å². The summed E-state index contributed by atoms with van der Waals surface area (Å²) in [5, 5.41) is 9.06. The summed E-state index contributed by atoms with van der Waals surface area (Å²) in [6, 6.07) is 14.8. The molecule has 0 saturated heterocycles. The second kappa shape index (κ2) is 5.94. The van der Waals surface area contributed by atoms with E-state index in [1.807, 2.05) is 12.1 Å². The van der Waals surface area contributed by atoms with Gasteiger partial charge in [0.15, 0.2) is 0 Å². The number of nitrogens with zero attached hydrogens (tertiary/aromatic N) is 2. The van der Waals surface area contributed by atoms with Crippen LogP contribution in [0.25, 0.3) is 11.4 Å². The van der Waals surface area contributed by atoms with Gasteiger partial charge in [-0.15, -0.1) is 0 Å². The monoisotopic (exact) mass is 324 g/mol. The summed E-state index contributed by atoms with van der Waals surface area (Å²) in [6.45, 7) is 0. The van der Waals surface area contributed by atoms with Gasteiger partial charge in [-0.1, -0.05) is 24.3 Å². The van der Waals surface area contributed by atoms with Crippen molar-refractivity contribution in [2.24, 2.45) is 0 Å². The third-order valence-electron chi connectivity index (χ3n) is 3.18. The molecule has 0 radical (unpaired) electrons. The fourth-order valence-electron chi connectivity index (χ4n) is 2.16. The maximum Gasteiger partial charge on any atom is 0.263 e. The Morgan fingerprint density at radius 2 is 1.96 bits per heavy atom. The second-order valence-corrected chi connectivity index (χ2v) is 6.38. The first-order chi connectivity index (χ1) is 11.1. The van der Waals surface area contributed by atoms with Crippen molar-refractivity contribution in [3.63, 3.8) is 0 Å². The molecule has 0 aliphatic heterocycles. The molecular weight excluding hydrogens is 312 g/mol. The largest absolute Gasteiger partial charge is 0.345 e. The van der Waals surface area contributed by atoms with E-state index in [-0.39, 0.29) is 10.5 Å². The number of rotatable bonds is 4. The van der Waals surface area contributed by atoms with E-state index in [1.54, 1.807) is 42.7 Å². The van der Waals surface area contributed by atoms with Crippen molar-refractivity contribution in [2.75, 3.05) is 4.72 Å². The fraction of sp³-hybridized carbons (Fsp3) is 0. The molecule has 0 bridgehead atoms. The quantitative estimate of drug-likeness (QED) is 0.771. The third-order valence-corrected chi connectivity index (χ3v) is 4.62. The highest BCUT2D eigenvalue weighted by Gasteiger charge is 2.18. The van der Waals surface area contributed by atoms with Gasteiger partial charge < -0.3 is 4.98 Å².